The Bertz CT molecular complexity index is 260. The maximum atomic E-state index is 4.38. The summed E-state index contributed by atoms with van der Waals surface area (Å²) in [5, 5.41) is 5.56. The fourth-order valence-corrected chi connectivity index (χ4v) is 5.17. The lowest BCUT2D eigenvalue weighted by molar-refractivity contribution is 0.890. The van der Waals surface area contributed by atoms with Gasteiger partial charge in [0.1, 0.15) is 5.01 Å². The van der Waals surface area contributed by atoms with Crippen LogP contribution in [-0.2, 0) is 0 Å². The number of rotatable bonds is 1. The van der Waals surface area contributed by atoms with Gasteiger partial charge in [-0.2, -0.15) is 11.8 Å². The summed E-state index contributed by atoms with van der Waals surface area (Å²) in [7, 11) is 0. The minimum atomic E-state index is 0.635. The first-order valence-electron chi connectivity index (χ1n) is 4.44. The van der Waals surface area contributed by atoms with Gasteiger partial charge in [-0.1, -0.05) is 13.8 Å². The van der Waals surface area contributed by atoms with Crippen LogP contribution in [0.1, 0.15) is 24.1 Å². The minimum absolute atomic E-state index is 0.635. The van der Waals surface area contributed by atoms with Crippen molar-refractivity contribution in [1.29, 1.82) is 0 Å². The third-order valence-corrected chi connectivity index (χ3v) is 6.71. The summed E-state index contributed by atoms with van der Waals surface area (Å²) in [4.78, 5) is 4.38. The van der Waals surface area contributed by atoms with E-state index < -0.39 is 0 Å². The summed E-state index contributed by atoms with van der Waals surface area (Å²) in [6.45, 7) is 4.64. The van der Waals surface area contributed by atoms with E-state index in [-0.39, 0.29) is 0 Å². The predicted molar refractivity (Wildman–Crippen MR) is 63.8 cm³/mol. The molecule has 1 fully saturated rings. The van der Waals surface area contributed by atoms with Crippen LogP contribution in [0.25, 0.3) is 0 Å². The highest BCUT2D eigenvalue weighted by atomic mass is 32.2. The number of hydrogen-bond acceptors (Lipinski definition) is 4. The van der Waals surface area contributed by atoms with E-state index in [0.29, 0.717) is 5.25 Å². The highest BCUT2D eigenvalue weighted by Crippen LogP contribution is 2.44. The van der Waals surface area contributed by atoms with Crippen molar-refractivity contribution in [3.8, 4) is 0 Å². The summed E-state index contributed by atoms with van der Waals surface area (Å²) in [5.41, 5.74) is 0. The van der Waals surface area contributed by atoms with Crippen molar-refractivity contribution in [2.75, 3.05) is 5.75 Å². The lowest BCUT2D eigenvalue weighted by Gasteiger charge is -2.29. The predicted octanol–water partition coefficient (Wildman–Crippen LogP) is 3.44. The van der Waals surface area contributed by atoms with Gasteiger partial charge in [0.2, 0.25) is 0 Å². The lowest BCUT2D eigenvalue weighted by atomic mass is 10.4. The average molecular weight is 231 g/mol. The molecule has 2 heterocycles. The fourth-order valence-electron chi connectivity index (χ4n) is 1.31. The van der Waals surface area contributed by atoms with Gasteiger partial charge in [0.15, 0.2) is 0 Å². The molecule has 0 N–H and O–H groups in total. The SMILES string of the molecule is CC1SCC(c2nccs2)SC1C. The second kappa shape index (κ2) is 4.24. The monoisotopic (exact) mass is 231 g/mol. The molecule has 1 saturated heterocycles. The van der Waals surface area contributed by atoms with Crippen molar-refractivity contribution in [3.63, 3.8) is 0 Å². The maximum Gasteiger partial charge on any atom is 0.106 e. The summed E-state index contributed by atoms with van der Waals surface area (Å²) in [6.07, 6.45) is 1.91. The van der Waals surface area contributed by atoms with Gasteiger partial charge >= 0.3 is 0 Å². The van der Waals surface area contributed by atoms with Crippen LogP contribution in [0.3, 0.4) is 0 Å². The van der Waals surface area contributed by atoms with Gasteiger partial charge in [0.25, 0.3) is 0 Å². The molecule has 0 saturated carbocycles. The Morgan fingerprint density at radius 3 is 2.85 bits per heavy atom. The van der Waals surface area contributed by atoms with Gasteiger partial charge in [0.05, 0.1) is 5.25 Å². The normalized spacial score (nSPS) is 34.8. The summed E-state index contributed by atoms with van der Waals surface area (Å²) in [5.74, 6) is 1.23. The second-order valence-electron chi connectivity index (χ2n) is 3.24. The molecule has 3 atom stereocenters. The van der Waals surface area contributed by atoms with E-state index in [1.165, 1.54) is 10.8 Å². The average Bonchev–Trinajstić information content (AvgIpc) is 2.62. The molecule has 1 aromatic rings. The summed E-state index contributed by atoms with van der Waals surface area (Å²) >= 11 is 5.95. The molecule has 3 unspecified atom stereocenters. The number of hydrogen-bond donors (Lipinski definition) is 0. The van der Waals surface area contributed by atoms with Crippen molar-refractivity contribution in [2.24, 2.45) is 0 Å². The molecule has 1 nitrogen and oxygen atoms in total. The van der Waals surface area contributed by atoms with Crippen LogP contribution in [-0.4, -0.2) is 21.2 Å². The van der Waals surface area contributed by atoms with E-state index >= 15 is 0 Å². The number of thiazole rings is 1. The quantitative estimate of drug-likeness (QED) is 0.735. The first kappa shape index (κ1) is 9.87. The fraction of sp³-hybridized carbons (Fsp3) is 0.667. The summed E-state index contributed by atoms with van der Waals surface area (Å²) in [6, 6.07) is 0. The first-order chi connectivity index (χ1) is 6.27. The first-order valence-corrected chi connectivity index (χ1v) is 7.31. The van der Waals surface area contributed by atoms with Crippen molar-refractivity contribution < 1.29 is 0 Å². The smallest absolute Gasteiger partial charge is 0.106 e. The molecular formula is C9H13NS3. The third-order valence-electron chi connectivity index (χ3n) is 2.28. The Balaban J connectivity index is 2.03. The van der Waals surface area contributed by atoms with E-state index in [1.807, 2.05) is 6.20 Å². The molecule has 0 bridgehead atoms. The Kier molecular flexibility index (Phi) is 3.22. The van der Waals surface area contributed by atoms with E-state index in [9.17, 15) is 0 Å². The largest absolute Gasteiger partial charge is 0.248 e. The second-order valence-corrected chi connectivity index (χ2v) is 7.16. The Morgan fingerprint density at radius 1 is 1.38 bits per heavy atom. The maximum absolute atomic E-state index is 4.38. The molecule has 0 amide bonds. The molecule has 0 radical (unpaired) electrons. The van der Waals surface area contributed by atoms with Crippen LogP contribution in [0.2, 0.25) is 0 Å². The van der Waals surface area contributed by atoms with Gasteiger partial charge in [-0.25, -0.2) is 4.98 Å². The van der Waals surface area contributed by atoms with E-state index in [1.54, 1.807) is 11.3 Å². The van der Waals surface area contributed by atoms with Crippen molar-refractivity contribution in [2.45, 2.75) is 29.6 Å². The molecule has 4 heteroatoms. The Labute approximate surface area is 91.7 Å². The topological polar surface area (TPSA) is 12.9 Å². The molecule has 72 valence electrons. The van der Waals surface area contributed by atoms with Gasteiger partial charge in [-0.05, 0) is 0 Å². The standard InChI is InChI=1S/C9H13NS3/c1-6-7(2)13-8(5-12-6)9-10-3-4-11-9/h3-4,6-8H,5H2,1-2H3. The summed E-state index contributed by atoms with van der Waals surface area (Å²) < 4.78 is 0. The third kappa shape index (κ3) is 2.22. The van der Waals surface area contributed by atoms with Crippen molar-refractivity contribution in [1.82, 2.24) is 4.98 Å². The van der Waals surface area contributed by atoms with Crippen LogP contribution >= 0.6 is 34.9 Å². The van der Waals surface area contributed by atoms with E-state index in [0.717, 1.165) is 10.5 Å². The zero-order chi connectivity index (χ0) is 9.26. The number of thioether (sulfide) groups is 2. The van der Waals surface area contributed by atoms with Crippen LogP contribution in [0.4, 0.5) is 0 Å². The van der Waals surface area contributed by atoms with Crippen LogP contribution in [0, 0.1) is 0 Å². The Morgan fingerprint density at radius 2 is 2.23 bits per heavy atom. The van der Waals surface area contributed by atoms with Crippen LogP contribution < -0.4 is 0 Å². The van der Waals surface area contributed by atoms with E-state index in [4.69, 9.17) is 0 Å². The van der Waals surface area contributed by atoms with Gasteiger partial charge in [-0.15, -0.1) is 23.1 Å². The lowest BCUT2D eigenvalue weighted by Crippen LogP contribution is -2.21. The molecule has 1 aliphatic heterocycles. The zero-order valence-electron chi connectivity index (χ0n) is 7.77. The molecule has 0 aliphatic carbocycles. The van der Waals surface area contributed by atoms with Gasteiger partial charge in [0, 0.05) is 27.8 Å². The molecule has 1 aromatic heterocycles. The highest BCUT2D eigenvalue weighted by molar-refractivity contribution is 8.07. The molecule has 0 spiro atoms. The Hall–Kier alpha value is 0.330. The molecular weight excluding hydrogens is 218 g/mol. The number of aromatic nitrogens is 1. The van der Waals surface area contributed by atoms with E-state index in [2.05, 4.69) is 47.7 Å². The molecule has 13 heavy (non-hydrogen) atoms. The minimum Gasteiger partial charge on any atom is -0.248 e. The highest BCUT2D eigenvalue weighted by Gasteiger charge is 2.27. The molecule has 1 aliphatic rings. The van der Waals surface area contributed by atoms with Crippen LogP contribution in [0.15, 0.2) is 11.6 Å². The number of nitrogens with zero attached hydrogens (tertiary/aromatic N) is 1. The van der Waals surface area contributed by atoms with Crippen molar-refractivity contribution >= 4 is 34.9 Å². The van der Waals surface area contributed by atoms with Crippen molar-refractivity contribution in [3.05, 3.63) is 16.6 Å². The van der Waals surface area contributed by atoms with Gasteiger partial charge < -0.3 is 0 Å². The van der Waals surface area contributed by atoms with Crippen LogP contribution in [0.5, 0.6) is 0 Å². The van der Waals surface area contributed by atoms with Gasteiger partial charge in [-0.3, -0.25) is 0 Å². The molecule has 2 rings (SSSR count). The zero-order valence-corrected chi connectivity index (χ0v) is 10.2. The molecule has 0 aromatic carbocycles.